The molecule has 178 valence electrons. The summed E-state index contributed by atoms with van der Waals surface area (Å²) in [5, 5.41) is 2.56. The number of rotatable bonds is 7. The van der Waals surface area contributed by atoms with Crippen LogP contribution in [0.3, 0.4) is 0 Å². The Morgan fingerprint density at radius 2 is 1.77 bits per heavy atom. The quantitative estimate of drug-likeness (QED) is 0.217. The molecule has 0 unspecified atom stereocenters. The van der Waals surface area contributed by atoms with Gasteiger partial charge in [0.2, 0.25) is 0 Å². The lowest BCUT2D eigenvalue weighted by molar-refractivity contribution is -0.122. The fraction of sp³-hybridized carbons (Fsp3) is 0.115. The van der Waals surface area contributed by atoms with Gasteiger partial charge in [0.15, 0.2) is 11.5 Å². The summed E-state index contributed by atoms with van der Waals surface area (Å²) < 4.78 is 12.6. The minimum Gasteiger partial charge on any atom is -0.490 e. The maximum absolute atomic E-state index is 13.2. The number of hydrogen-bond acceptors (Lipinski definition) is 5. The molecule has 0 bridgehead atoms. The second-order valence-corrected chi connectivity index (χ2v) is 9.07. The molecular formula is C26H20ClIN2O5. The highest BCUT2D eigenvalue weighted by Gasteiger charge is 2.37. The SMILES string of the molecule is CCOc1cc(/C=C2\C(=O)NC(=O)N(c3cccc(Cl)c3)C2=O)cc(I)c1OCc1ccccc1. The predicted octanol–water partition coefficient (Wildman–Crippen LogP) is 5.59. The van der Waals surface area contributed by atoms with Crippen LogP contribution in [0.1, 0.15) is 18.1 Å². The molecule has 1 fully saturated rings. The van der Waals surface area contributed by atoms with Crippen molar-refractivity contribution >= 4 is 63.8 Å². The largest absolute Gasteiger partial charge is 0.490 e. The Bertz CT molecular complexity index is 1330. The lowest BCUT2D eigenvalue weighted by atomic mass is 10.1. The molecule has 0 radical (unpaired) electrons. The number of imide groups is 2. The average molecular weight is 603 g/mol. The standard InChI is InChI=1S/C26H20ClIN2O5/c1-2-34-22-13-17(12-21(28)23(22)35-15-16-7-4-3-5-8-16)11-20-24(31)29-26(33)30(25(20)32)19-10-6-9-18(27)14-19/h3-14H,2,15H2,1H3,(H,29,31,33)/b20-11+. The number of nitrogens with zero attached hydrogens (tertiary/aromatic N) is 1. The smallest absolute Gasteiger partial charge is 0.335 e. The Balaban J connectivity index is 1.67. The van der Waals surface area contributed by atoms with Gasteiger partial charge in [0.25, 0.3) is 11.8 Å². The van der Waals surface area contributed by atoms with E-state index in [-0.39, 0.29) is 11.3 Å². The van der Waals surface area contributed by atoms with Crippen LogP contribution in [0.15, 0.2) is 72.3 Å². The molecule has 1 N–H and O–H groups in total. The van der Waals surface area contributed by atoms with E-state index >= 15 is 0 Å². The molecule has 1 aliphatic rings. The summed E-state index contributed by atoms with van der Waals surface area (Å²) in [6.45, 7) is 2.61. The van der Waals surface area contributed by atoms with E-state index in [1.54, 1.807) is 30.3 Å². The van der Waals surface area contributed by atoms with Crippen LogP contribution in [0, 0.1) is 3.57 Å². The molecule has 0 atom stereocenters. The lowest BCUT2D eigenvalue weighted by Gasteiger charge is -2.26. The number of halogens is 2. The molecule has 3 aromatic carbocycles. The number of carbonyl (C=O) groups excluding carboxylic acids is 3. The van der Waals surface area contributed by atoms with E-state index in [4.69, 9.17) is 21.1 Å². The number of urea groups is 1. The summed E-state index contributed by atoms with van der Waals surface area (Å²) in [5.41, 5.74) is 1.62. The van der Waals surface area contributed by atoms with Crippen LogP contribution < -0.4 is 19.7 Å². The van der Waals surface area contributed by atoms with Crippen LogP contribution in [0.25, 0.3) is 6.08 Å². The minimum absolute atomic E-state index is 0.194. The zero-order valence-corrected chi connectivity index (χ0v) is 21.5. The number of barbiturate groups is 1. The van der Waals surface area contributed by atoms with Gasteiger partial charge < -0.3 is 9.47 Å². The molecule has 7 nitrogen and oxygen atoms in total. The molecule has 0 aromatic heterocycles. The van der Waals surface area contributed by atoms with Crippen molar-refractivity contribution in [1.82, 2.24) is 5.32 Å². The molecule has 0 aliphatic carbocycles. The summed E-state index contributed by atoms with van der Waals surface area (Å²) in [4.78, 5) is 39.0. The first-order valence-corrected chi connectivity index (χ1v) is 12.1. The van der Waals surface area contributed by atoms with Gasteiger partial charge in [-0.05, 0) is 77.0 Å². The number of ether oxygens (including phenoxy) is 2. The number of anilines is 1. The van der Waals surface area contributed by atoms with Gasteiger partial charge in [-0.25, -0.2) is 9.69 Å². The van der Waals surface area contributed by atoms with Crippen molar-refractivity contribution < 1.29 is 23.9 Å². The average Bonchev–Trinajstić information content (AvgIpc) is 2.82. The summed E-state index contributed by atoms with van der Waals surface area (Å²) in [5.74, 6) is -0.490. The molecule has 0 saturated carbocycles. The Kier molecular flexibility index (Phi) is 7.72. The summed E-state index contributed by atoms with van der Waals surface area (Å²) in [6, 6.07) is 18.6. The fourth-order valence-corrected chi connectivity index (χ4v) is 4.44. The maximum Gasteiger partial charge on any atom is 0.335 e. The van der Waals surface area contributed by atoms with Crippen LogP contribution in [0.2, 0.25) is 5.02 Å². The van der Waals surface area contributed by atoms with Gasteiger partial charge in [0.05, 0.1) is 15.9 Å². The third-order valence-electron chi connectivity index (χ3n) is 5.04. The highest BCUT2D eigenvalue weighted by molar-refractivity contribution is 14.1. The first-order valence-electron chi connectivity index (χ1n) is 10.7. The predicted molar refractivity (Wildman–Crippen MR) is 142 cm³/mol. The number of carbonyl (C=O) groups is 3. The topological polar surface area (TPSA) is 84.9 Å². The van der Waals surface area contributed by atoms with Crippen molar-refractivity contribution in [1.29, 1.82) is 0 Å². The van der Waals surface area contributed by atoms with E-state index < -0.39 is 17.8 Å². The zero-order chi connectivity index (χ0) is 24.9. The van der Waals surface area contributed by atoms with Crippen LogP contribution >= 0.6 is 34.2 Å². The third-order valence-corrected chi connectivity index (χ3v) is 6.07. The Labute approximate surface area is 220 Å². The van der Waals surface area contributed by atoms with Gasteiger partial charge in [0, 0.05) is 5.02 Å². The minimum atomic E-state index is -0.839. The van der Waals surface area contributed by atoms with Gasteiger partial charge in [-0.2, -0.15) is 0 Å². The van der Waals surface area contributed by atoms with E-state index in [1.165, 1.54) is 12.1 Å². The van der Waals surface area contributed by atoms with Crippen LogP contribution in [0.5, 0.6) is 11.5 Å². The van der Waals surface area contributed by atoms with E-state index in [1.807, 2.05) is 37.3 Å². The number of benzene rings is 3. The van der Waals surface area contributed by atoms with Crippen molar-refractivity contribution in [3.05, 3.63) is 92.0 Å². The zero-order valence-electron chi connectivity index (χ0n) is 18.6. The summed E-state index contributed by atoms with van der Waals surface area (Å²) in [6.07, 6.45) is 1.42. The summed E-state index contributed by atoms with van der Waals surface area (Å²) >= 11 is 8.14. The second-order valence-electron chi connectivity index (χ2n) is 7.47. The molecule has 4 amide bonds. The first kappa shape index (κ1) is 24.7. The van der Waals surface area contributed by atoms with Crippen molar-refractivity contribution in [2.24, 2.45) is 0 Å². The first-order chi connectivity index (χ1) is 16.9. The van der Waals surface area contributed by atoms with Gasteiger partial charge in [-0.1, -0.05) is 48.0 Å². The molecule has 9 heteroatoms. The second kappa shape index (κ2) is 10.9. The van der Waals surface area contributed by atoms with E-state index in [0.717, 1.165) is 14.0 Å². The lowest BCUT2D eigenvalue weighted by Crippen LogP contribution is -2.54. The van der Waals surface area contributed by atoms with Crippen molar-refractivity contribution in [2.45, 2.75) is 13.5 Å². The number of amides is 4. The Hall–Kier alpha value is -3.37. The molecule has 3 aromatic rings. The van der Waals surface area contributed by atoms with Crippen LogP contribution in [-0.2, 0) is 16.2 Å². The molecule has 1 aliphatic heterocycles. The van der Waals surface area contributed by atoms with E-state index in [9.17, 15) is 14.4 Å². The Morgan fingerprint density at radius 1 is 1.00 bits per heavy atom. The van der Waals surface area contributed by atoms with Gasteiger partial charge in [-0.15, -0.1) is 0 Å². The molecule has 35 heavy (non-hydrogen) atoms. The summed E-state index contributed by atoms with van der Waals surface area (Å²) in [7, 11) is 0. The highest BCUT2D eigenvalue weighted by Crippen LogP contribution is 2.36. The fourth-order valence-electron chi connectivity index (χ4n) is 3.48. The van der Waals surface area contributed by atoms with Gasteiger partial charge in [0.1, 0.15) is 12.2 Å². The van der Waals surface area contributed by atoms with Gasteiger partial charge in [-0.3, -0.25) is 14.9 Å². The molecule has 0 spiro atoms. The molecule has 1 heterocycles. The van der Waals surface area contributed by atoms with Crippen molar-refractivity contribution in [3.63, 3.8) is 0 Å². The molecule has 4 rings (SSSR count). The maximum atomic E-state index is 13.2. The number of nitrogens with one attached hydrogen (secondary N) is 1. The molecular weight excluding hydrogens is 583 g/mol. The van der Waals surface area contributed by atoms with Crippen molar-refractivity contribution in [3.8, 4) is 11.5 Å². The molecule has 1 saturated heterocycles. The number of hydrogen-bond donors (Lipinski definition) is 1. The normalized spacial score (nSPS) is 14.8. The van der Waals surface area contributed by atoms with Crippen LogP contribution in [0.4, 0.5) is 10.5 Å². The third kappa shape index (κ3) is 5.66. The Morgan fingerprint density at radius 3 is 2.49 bits per heavy atom. The van der Waals surface area contributed by atoms with E-state index in [2.05, 4.69) is 27.9 Å². The van der Waals surface area contributed by atoms with E-state index in [0.29, 0.717) is 35.3 Å². The van der Waals surface area contributed by atoms with Gasteiger partial charge >= 0.3 is 6.03 Å². The van der Waals surface area contributed by atoms with Crippen molar-refractivity contribution in [2.75, 3.05) is 11.5 Å². The monoisotopic (exact) mass is 602 g/mol. The van der Waals surface area contributed by atoms with Crippen LogP contribution in [-0.4, -0.2) is 24.5 Å². The highest BCUT2D eigenvalue weighted by atomic mass is 127.